The molecule has 1 aliphatic heterocycles. The van der Waals surface area contributed by atoms with Gasteiger partial charge in [-0.15, -0.1) is 0 Å². The largest absolute Gasteiger partial charge is 0.497 e. The van der Waals surface area contributed by atoms with Gasteiger partial charge in [0.1, 0.15) is 5.75 Å². The number of ether oxygens (including phenoxy) is 1. The number of nitrogens with zero attached hydrogens (tertiary/aromatic N) is 1. The van der Waals surface area contributed by atoms with E-state index in [1.165, 1.54) is 29.7 Å². The number of aliphatic imine (C=N–C) groups is 1. The molecule has 0 aromatic heterocycles. The molecule has 1 amide bonds. The molecule has 32 heavy (non-hydrogen) atoms. The number of fused-ring (bicyclic) bond motifs is 1. The quantitative estimate of drug-likeness (QED) is 0.585. The van der Waals surface area contributed by atoms with Gasteiger partial charge in [-0.2, -0.15) is 0 Å². The minimum atomic E-state index is -0.293. The fourth-order valence-corrected chi connectivity index (χ4v) is 4.31. The first-order valence-electron chi connectivity index (χ1n) is 11.1. The van der Waals surface area contributed by atoms with Gasteiger partial charge in [0.2, 0.25) is 0 Å². The van der Waals surface area contributed by atoms with Crippen LogP contribution in [0.15, 0.2) is 71.7 Å². The van der Waals surface area contributed by atoms with Crippen molar-refractivity contribution < 1.29 is 9.53 Å². The van der Waals surface area contributed by atoms with E-state index in [1.807, 2.05) is 48.5 Å². The molecule has 1 fully saturated rings. The van der Waals surface area contributed by atoms with E-state index in [-0.39, 0.29) is 11.9 Å². The second kappa shape index (κ2) is 8.60. The molecule has 5 rings (SSSR count). The summed E-state index contributed by atoms with van der Waals surface area (Å²) in [5.74, 6) is 1.22. The van der Waals surface area contributed by atoms with E-state index in [4.69, 9.17) is 15.5 Å². The van der Waals surface area contributed by atoms with Crippen molar-refractivity contribution in [3.05, 3.63) is 89.0 Å². The van der Waals surface area contributed by atoms with E-state index in [0.717, 1.165) is 29.0 Å². The van der Waals surface area contributed by atoms with E-state index < -0.39 is 0 Å². The fourth-order valence-electron chi connectivity index (χ4n) is 4.31. The van der Waals surface area contributed by atoms with Crippen LogP contribution >= 0.6 is 0 Å². The van der Waals surface area contributed by atoms with Crippen LogP contribution in [0.1, 0.15) is 45.9 Å². The molecule has 162 valence electrons. The molecule has 3 aromatic rings. The minimum Gasteiger partial charge on any atom is -0.497 e. The van der Waals surface area contributed by atoms with Crippen LogP contribution in [0.3, 0.4) is 0 Å². The Morgan fingerprint density at radius 1 is 1.09 bits per heavy atom. The average molecular weight is 426 g/mol. The molecular weight excluding hydrogens is 398 g/mol. The van der Waals surface area contributed by atoms with Crippen molar-refractivity contribution in [3.8, 4) is 16.9 Å². The van der Waals surface area contributed by atoms with Gasteiger partial charge in [-0.25, -0.2) is 0 Å². The number of hydrogen-bond donors (Lipinski definition) is 2. The van der Waals surface area contributed by atoms with Crippen LogP contribution < -0.4 is 15.8 Å². The molecule has 5 heteroatoms. The summed E-state index contributed by atoms with van der Waals surface area (Å²) in [6.07, 6.45) is 2.49. The Balaban J connectivity index is 1.37. The molecule has 3 N–H and O–H groups in total. The number of amides is 1. The summed E-state index contributed by atoms with van der Waals surface area (Å²) >= 11 is 0. The molecule has 1 unspecified atom stereocenters. The number of nitrogens with two attached hydrogens (primary N) is 1. The molecule has 2 aliphatic rings. The Bertz CT molecular complexity index is 1200. The molecule has 1 atom stereocenters. The number of methoxy groups -OCH3 is 1. The number of rotatable bonds is 7. The third-order valence-corrected chi connectivity index (χ3v) is 6.26. The third-order valence-electron chi connectivity index (χ3n) is 6.26. The van der Waals surface area contributed by atoms with Crippen LogP contribution in [0.2, 0.25) is 0 Å². The summed E-state index contributed by atoms with van der Waals surface area (Å²) in [6, 6.07) is 21.6. The first kappa shape index (κ1) is 20.5. The van der Waals surface area contributed by atoms with Crippen LogP contribution in [-0.4, -0.2) is 25.3 Å². The molecule has 5 nitrogen and oxygen atoms in total. The molecule has 1 heterocycles. The molecule has 0 radical (unpaired) electrons. The Morgan fingerprint density at radius 3 is 2.69 bits per heavy atom. The molecule has 0 spiro atoms. The predicted molar refractivity (Wildman–Crippen MR) is 127 cm³/mol. The highest BCUT2D eigenvalue weighted by molar-refractivity contribution is 6.07. The normalized spacial score (nSPS) is 15.6. The molecule has 0 bridgehead atoms. The van der Waals surface area contributed by atoms with Crippen molar-refractivity contribution in [2.75, 3.05) is 13.7 Å². The molecule has 3 aromatic carbocycles. The summed E-state index contributed by atoms with van der Waals surface area (Å²) in [5, 5.41) is 3.06. The first-order chi connectivity index (χ1) is 15.7. The lowest BCUT2D eigenvalue weighted by atomic mass is 9.95. The van der Waals surface area contributed by atoms with E-state index in [2.05, 4.69) is 23.5 Å². The molecule has 1 saturated carbocycles. The van der Waals surface area contributed by atoms with Crippen LogP contribution in [-0.2, 0) is 6.54 Å². The van der Waals surface area contributed by atoms with E-state index in [9.17, 15) is 4.79 Å². The molecule has 1 aliphatic carbocycles. The van der Waals surface area contributed by atoms with Crippen LogP contribution in [0.5, 0.6) is 5.75 Å². The van der Waals surface area contributed by atoms with Gasteiger partial charge in [0, 0.05) is 29.3 Å². The number of carbonyl (C=O) groups excluding carboxylic acids is 1. The van der Waals surface area contributed by atoms with Crippen molar-refractivity contribution in [1.29, 1.82) is 0 Å². The zero-order chi connectivity index (χ0) is 22.1. The van der Waals surface area contributed by atoms with Gasteiger partial charge in [0.05, 0.1) is 19.7 Å². The second-order valence-electron chi connectivity index (χ2n) is 8.47. The van der Waals surface area contributed by atoms with Crippen LogP contribution in [0, 0.1) is 5.92 Å². The van der Waals surface area contributed by atoms with Gasteiger partial charge < -0.3 is 15.8 Å². The maximum absolute atomic E-state index is 13.0. The SMILES string of the molecule is COc1cccc(C(CN)NC(=O)c2cccc(-c3ccc4c(c3)C(C3CC3)=NC4)c2)c1. The highest BCUT2D eigenvalue weighted by Gasteiger charge is 2.32. The number of hydrogen-bond acceptors (Lipinski definition) is 4. The van der Waals surface area contributed by atoms with Gasteiger partial charge in [-0.05, 0) is 65.4 Å². The highest BCUT2D eigenvalue weighted by atomic mass is 16.5. The lowest BCUT2D eigenvalue weighted by molar-refractivity contribution is 0.0938. The van der Waals surface area contributed by atoms with Crippen LogP contribution in [0.4, 0.5) is 0 Å². The monoisotopic (exact) mass is 425 g/mol. The lowest BCUT2D eigenvalue weighted by Crippen LogP contribution is -2.33. The summed E-state index contributed by atoms with van der Waals surface area (Å²) in [4.78, 5) is 17.8. The summed E-state index contributed by atoms with van der Waals surface area (Å²) in [6.45, 7) is 1.08. The standard InChI is InChI=1S/C27H27N3O2/c1-32-23-7-3-5-20(13-23)25(15-28)30-27(31)21-6-2-4-18(12-21)19-10-11-22-16-29-26(17-8-9-17)24(22)14-19/h2-7,10-14,17,25H,8-9,15-16,28H2,1H3,(H,30,31). The maximum Gasteiger partial charge on any atom is 0.251 e. The Hall–Kier alpha value is -3.44. The topological polar surface area (TPSA) is 76.7 Å². The van der Waals surface area contributed by atoms with Gasteiger partial charge >= 0.3 is 0 Å². The van der Waals surface area contributed by atoms with Gasteiger partial charge in [-0.1, -0.05) is 36.4 Å². The fraction of sp³-hybridized carbons (Fsp3) is 0.259. The predicted octanol–water partition coefficient (Wildman–Crippen LogP) is 4.50. The first-order valence-corrected chi connectivity index (χ1v) is 11.1. The molecular formula is C27H27N3O2. The average Bonchev–Trinajstić information content (AvgIpc) is 3.60. The summed E-state index contributed by atoms with van der Waals surface area (Å²) in [7, 11) is 1.62. The molecule has 0 saturated heterocycles. The van der Waals surface area contributed by atoms with Crippen molar-refractivity contribution >= 4 is 11.6 Å². The van der Waals surface area contributed by atoms with Crippen molar-refractivity contribution in [1.82, 2.24) is 5.32 Å². The number of nitrogens with one attached hydrogen (secondary N) is 1. The van der Waals surface area contributed by atoms with E-state index in [1.54, 1.807) is 7.11 Å². The zero-order valence-corrected chi connectivity index (χ0v) is 18.2. The smallest absolute Gasteiger partial charge is 0.251 e. The van der Waals surface area contributed by atoms with Gasteiger partial charge in [0.15, 0.2) is 0 Å². The second-order valence-corrected chi connectivity index (χ2v) is 8.47. The van der Waals surface area contributed by atoms with Gasteiger partial charge in [0.25, 0.3) is 5.91 Å². The van der Waals surface area contributed by atoms with E-state index in [0.29, 0.717) is 18.0 Å². The minimum absolute atomic E-state index is 0.147. The van der Waals surface area contributed by atoms with Gasteiger partial charge in [-0.3, -0.25) is 9.79 Å². The Kier molecular flexibility index (Phi) is 5.50. The summed E-state index contributed by atoms with van der Waals surface area (Å²) in [5.41, 5.74) is 13.5. The zero-order valence-electron chi connectivity index (χ0n) is 18.2. The van der Waals surface area contributed by atoms with Crippen LogP contribution in [0.25, 0.3) is 11.1 Å². The summed E-state index contributed by atoms with van der Waals surface area (Å²) < 4.78 is 5.30. The maximum atomic E-state index is 13.0. The van der Waals surface area contributed by atoms with Crippen molar-refractivity contribution in [2.45, 2.75) is 25.4 Å². The number of benzene rings is 3. The lowest BCUT2D eigenvalue weighted by Gasteiger charge is -2.18. The Morgan fingerprint density at radius 2 is 1.91 bits per heavy atom. The van der Waals surface area contributed by atoms with E-state index >= 15 is 0 Å². The highest BCUT2D eigenvalue weighted by Crippen LogP contribution is 2.38. The van der Waals surface area contributed by atoms with Crippen molar-refractivity contribution in [2.24, 2.45) is 16.6 Å². The number of carbonyl (C=O) groups is 1. The Labute approximate surface area is 188 Å². The van der Waals surface area contributed by atoms with Crippen molar-refractivity contribution in [3.63, 3.8) is 0 Å². The third kappa shape index (κ3) is 4.04.